The summed E-state index contributed by atoms with van der Waals surface area (Å²) in [5.41, 5.74) is 1.47. The maximum absolute atomic E-state index is 12.1. The molecule has 1 N–H and O–H groups in total. The number of rotatable bonds is 8. The number of amides is 1. The van der Waals surface area contributed by atoms with E-state index in [2.05, 4.69) is 21.2 Å². The summed E-state index contributed by atoms with van der Waals surface area (Å²) in [6.07, 6.45) is 0.324. The minimum atomic E-state index is -0.174. The fraction of sp³-hybridized carbons (Fsp3) is 0.263. The van der Waals surface area contributed by atoms with Gasteiger partial charge < -0.3 is 14.8 Å². The Bertz CT molecular complexity index is 721. The third-order valence-electron chi connectivity index (χ3n) is 3.65. The summed E-state index contributed by atoms with van der Waals surface area (Å²) in [5.74, 6) is 1.10. The zero-order chi connectivity index (χ0) is 18.2. The lowest BCUT2D eigenvalue weighted by Crippen LogP contribution is -2.23. The third kappa shape index (κ3) is 5.90. The first-order chi connectivity index (χ1) is 12.0. The number of ether oxygens (including phenoxy) is 2. The van der Waals surface area contributed by atoms with E-state index in [1.165, 1.54) is 0 Å². The molecule has 25 heavy (non-hydrogen) atoms. The van der Waals surface area contributed by atoms with E-state index in [-0.39, 0.29) is 24.5 Å². The number of ketones is 1. The van der Waals surface area contributed by atoms with Gasteiger partial charge in [-0.1, -0.05) is 28.1 Å². The Hall–Kier alpha value is -2.34. The van der Waals surface area contributed by atoms with Crippen molar-refractivity contribution in [2.45, 2.75) is 19.4 Å². The highest BCUT2D eigenvalue weighted by atomic mass is 79.9. The Balaban J connectivity index is 1.84. The van der Waals surface area contributed by atoms with Crippen LogP contribution in [0.3, 0.4) is 0 Å². The van der Waals surface area contributed by atoms with Gasteiger partial charge in [0.1, 0.15) is 11.5 Å². The fourth-order valence-corrected chi connectivity index (χ4v) is 2.53. The summed E-state index contributed by atoms with van der Waals surface area (Å²) in [6.45, 7) is 0.346. The van der Waals surface area contributed by atoms with E-state index in [4.69, 9.17) is 9.47 Å². The van der Waals surface area contributed by atoms with Gasteiger partial charge in [-0.05, 0) is 29.8 Å². The van der Waals surface area contributed by atoms with E-state index in [1.54, 1.807) is 32.4 Å². The summed E-state index contributed by atoms with van der Waals surface area (Å²) < 4.78 is 11.3. The van der Waals surface area contributed by atoms with Gasteiger partial charge in [-0.3, -0.25) is 9.59 Å². The predicted molar refractivity (Wildman–Crippen MR) is 99.1 cm³/mol. The summed E-state index contributed by atoms with van der Waals surface area (Å²) in [6, 6.07) is 12.5. The van der Waals surface area contributed by atoms with Crippen molar-refractivity contribution in [2.24, 2.45) is 0 Å². The van der Waals surface area contributed by atoms with Gasteiger partial charge in [-0.15, -0.1) is 0 Å². The molecular formula is C19H20BrNO4. The van der Waals surface area contributed by atoms with Crippen LogP contribution in [0.15, 0.2) is 46.9 Å². The second-order valence-electron chi connectivity index (χ2n) is 5.43. The topological polar surface area (TPSA) is 64.6 Å². The molecule has 1 amide bonds. The van der Waals surface area contributed by atoms with Gasteiger partial charge in [0.2, 0.25) is 5.91 Å². The maximum atomic E-state index is 12.1. The Kier molecular flexibility index (Phi) is 7.01. The molecular weight excluding hydrogens is 386 g/mol. The van der Waals surface area contributed by atoms with Crippen LogP contribution in [0, 0.1) is 0 Å². The Morgan fingerprint density at radius 2 is 1.56 bits per heavy atom. The number of hydrogen-bond donors (Lipinski definition) is 1. The van der Waals surface area contributed by atoms with E-state index < -0.39 is 0 Å². The van der Waals surface area contributed by atoms with Crippen molar-refractivity contribution < 1.29 is 19.1 Å². The number of nitrogens with one attached hydrogen (secondary N) is 1. The maximum Gasteiger partial charge on any atom is 0.220 e. The first-order valence-corrected chi connectivity index (χ1v) is 8.58. The molecule has 132 valence electrons. The Labute approximate surface area is 155 Å². The fourth-order valence-electron chi connectivity index (χ4n) is 2.26. The van der Waals surface area contributed by atoms with Gasteiger partial charge >= 0.3 is 0 Å². The molecule has 0 spiro atoms. The number of carbonyl (C=O) groups excluding carboxylic acids is 2. The van der Waals surface area contributed by atoms with Gasteiger partial charge in [-0.25, -0.2) is 0 Å². The van der Waals surface area contributed by atoms with Crippen LogP contribution in [-0.4, -0.2) is 25.9 Å². The normalized spacial score (nSPS) is 10.2. The number of carbonyl (C=O) groups is 2. The molecule has 0 fully saturated rings. The van der Waals surface area contributed by atoms with Crippen molar-refractivity contribution in [3.8, 4) is 11.5 Å². The van der Waals surface area contributed by atoms with Gasteiger partial charge in [-0.2, -0.15) is 0 Å². The zero-order valence-corrected chi connectivity index (χ0v) is 15.8. The van der Waals surface area contributed by atoms with Crippen LogP contribution in [0.1, 0.15) is 28.8 Å². The molecule has 6 heteroatoms. The molecule has 2 aromatic carbocycles. The first-order valence-electron chi connectivity index (χ1n) is 7.79. The molecule has 2 rings (SSSR count). The second-order valence-corrected chi connectivity index (χ2v) is 6.34. The summed E-state index contributed by atoms with van der Waals surface area (Å²) >= 11 is 3.33. The third-order valence-corrected chi connectivity index (χ3v) is 4.17. The lowest BCUT2D eigenvalue weighted by atomic mass is 10.1. The van der Waals surface area contributed by atoms with Gasteiger partial charge in [0.15, 0.2) is 5.78 Å². The van der Waals surface area contributed by atoms with Crippen molar-refractivity contribution in [1.82, 2.24) is 5.32 Å². The average molecular weight is 406 g/mol. The average Bonchev–Trinajstić information content (AvgIpc) is 2.64. The van der Waals surface area contributed by atoms with E-state index in [1.807, 2.05) is 24.3 Å². The van der Waals surface area contributed by atoms with Gasteiger partial charge in [0.05, 0.1) is 14.2 Å². The molecule has 0 saturated heterocycles. The lowest BCUT2D eigenvalue weighted by molar-refractivity contribution is -0.121. The van der Waals surface area contributed by atoms with Gasteiger partial charge in [0.25, 0.3) is 0 Å². The summed E-state index contributed by atoms with van der Waals surface area (Å²) in [4.78, 5) is 24.1. The van der Waals surface area contributed by atoms with Crippen molar-refractivity contribution in [3.05, 3.63) is 58.1 Å². The van der Waals surface area contributed by atoms with Crippen molar-refractivity contribution in [1.29, 1.82) is 0 Å². The molecule has 0 aliphatic carbocycles. The lowest BCUT2D eigenvalue weighted by Gasteiger charge is -2.09. The molecule has 2 aromatic rings. The van der Waals surface area contributed by atoms with E-state index >= 15 is 0 Å². The molecule has 0 aromatic heterocycles. The van der Waals surface area contributed by atoms with Crippen LogP contribution in [0.25, 0.3) is 0 Å². The van der Waals surface area contributed by atoms with Crippen molar-refractivity contribution in [2.75, 3.05) is 14.2 Å². The molecule has 0 atom stereocenters. The van der Waals surface area contributed by atoms with Crippen LogP contribution < -0.4 is 14.8 Å². The highest BCUT2D eigenvalue weighted by Crippen LogP contribution is 2.22. The zero-order valence-electron chi connectivity index (χ0n) is 14.2. The SMILES string of the molecule is COc1cc(CNC(=O)CCC(=O)c2ccc(Br)cc2)cc(OC)c1. The molecule has 0 unspecified atom stereocenters. The minimum Gasteiger partial charge on any atom is -0.497 e. The number of Topliss-reactive ketones (excluding diaryl/α,β-unsaturated/α-hetero) is 1. The quantitative estimate of drug-likeness (QED) is 0.679. The van der Waals surface area contributed by atoms with E-state index in [0.29, 0.717) is 23.6 Å². The first kappa shape index (κ1) is 19.0. The Morgan fingerprint density at radius 3 is 2.12 bits per heavy atom. The van der Waals surface area contributed by atoms with Crippen LogP contribution in [-0.2, 0) is 11.3 Å². The standard InChI is InChI=1S/C19H20BrNO4/c1-24-16-9-13(10-17(11-16)25-2)12-21-19(23)8-7-18(22)14-3-5-15(20)6-4-14/h3-6,9-11H,7-8,12H2,1-2H3,(H,21,23). The molecule has 0 heterocycles. The van der Waals surface area contributed by atoms with Crippen LogP contribution in [0.4, 0.5) is 0 Å². The molecule has 0 bridgehead atoms. The minimum absolute atomic E-state index is 0.0503. The van der Waals surface area contributed by atoms with Crippen LogP contribution >= 0.6 is 15.9 Å². The van der Waals surface area contributed by atoms with E-state index in [9.17, 15) is 9.59 Å². The number of halogens is 1. The molecule has 0 aliphatic heterocycles. The molecule has 0 aliphatic rings. The number of methoxy groups -OCH3 is 2. The molecule has 5 nitrogen and oxygen atoms in total. The van der Waals surface area contributed by atoms with Crippen LogP contribution in [0.2, 0.25) is 0 Å². The largest absolute Gasteiger partial charge is 0.497 e. The van der Waals surface area contributed by atoms with Crippen LogP contribution in [0.5, 0.6) is 11.5 Å². The van der Waals surface area contributed by atoms with Crippen molar-refractivity contribution in [3.63, 3.8) is 0 Å². The van der Waals surface area contributed by atoms with Gasteiger partial charge in [0, 0.05) is 35.5 Å². The highest BCUT2D eigenvalue weighted by molar-refractivity contribution is 9.10. The molecule has 0 saturated carbocycles. The monoisotopic (exact) mass is 405 g/mol. The number of hydrogen-bond acceptors (Lipinski definition) is 4. The highest BCUT2D eigenvalue weighted by Gasteiger charge is 2.10. The molecule has 0 radical (unpaired) electrons. The Morgan fingerprint density at radius 1 is 0.960 bits per heavy atom. The second kappa shape index (κ2) is 9.22. The number of benzene rings is 2. The smallest absolute Gasteiger partial charge is 0.220 e. The van der Waals surface area contributed by atoms with Crippen molar-refractivity contribution >= 4 is 27.6 Å². The summed E-state index contributed by atoms with van der Waals surface area (Å²) in [7, 11) is 3.15. The predicted octanol–water partition coefficient (Wildman–Crippen LogP) is 3.75. The van der Waals surface area contributed by atoms with E-state index in [0.717, 1.165) is 10.0 Å². The summed E-state index contributed by atoms with van der Waals surface area (Å²) in [5, 5.41) is 2.81.